The molecule has 0 fully saturated rings. The monoisotopic (exact) mass is 258 g/mol. The van der Waals surface area contributed by atoms with Gasteiger partial charge in [0, 0.05) is 12.4 Å². The Morgan fingerprint density at radius 1 is 1.38 bits per heavy atom. The van der Waals surface area contributed by atoms with Crippen molar-refractivity contribution in [2.45, 2.75) is 0 Å². The first-order valence-electron chi connectivity index (χ1n) is 3.41. The van der Waals surface area contributed by atoms with Crippen LogP contribution < -0.4 is 0 Å². The van der Waals surface area contributed by atoms with Crippen molar-refractivity contribution in [3.8, 4) is 0 Å². The summed E-state index contributed by atoms with van der Waals surface area (Å²) in [4.78, 5) is 7.80. The van der Waals surface area contributed by atoms with Gasteiger partial charge in [-0.2, -0.15) is 0 Å². The summed E-state index contributed by atoms with van der Waals surface area (Å²) in [6.07, 6.45) is 3.16. The largest absolute Gasteiger partial charge is 0.297 e. The second-order valence-corrected chi connectivity index (χ2v) is 3.73. The molecule has 6 heteroatoms. The van der Waals surface area contributed by atoms with E-state index < -0.39 is 0 Å². The molecule has 1 aromatic heterocycles. The molecule has 0 aliphatic rings. The van der Waals surface area contributed by atoms with E-state index in [0.29, 0.717) is 16.2 Å². The van der Waals surface area contributed by atoms with Crippen molar-refractivity contribution in [1.82, 2.24) is 9.97 Å². The first-order chi connectivity index (χ1) is 6.24. The minimum Gasteiger partial charge on any atom is -0.297 e. The molecule has 0 spiro atoms. The van der Waals surface area contributed by atoms with E-state index in [2.05, 4.69) is 25.9 Å². The van der Waals surface area contributed by atoms with E-state index in [1.165, 1.54) is 0 Å². The molecule has 0 aliphatic carbocycles. The highest BCUT2D eigenvalue weighted by molar-refractivity contribution is 9.09. The number of alkyl halides is 1. The minimum absolute atomic E-state index is 0.199. The lowest BCUT2D eigenvalue weighted by Gasteiger charge is -1.99. The summed E-state index contributed by atoms with van der Waals surface area (Å²) in [7, 11) is 0. The number of rotatable bonds is 2. The van der Waals surface area contributed by atoms with Crippen LogP contribution in [0.25, 0.3) is 0 Å². The second kappa shape index (κ2) is 5.08. The van der Waals surface area contributed by atoms with Gasteiger partial charge in [-0.05, 0) is 6.07 Å². The Morgan fingerprint density at radius 3 is 2.54 bits per heavy atom. The van der Waals surface area contributed by atoms with Gasteiger partial charge in [0.2, 0.25) is 0 Å². The Morgan fingerprint density at radius 2 is 2.00 bits per heavy atom. The van der Waals surface area contributed by atoms with E-state index in [1.54, 1.807) is 18.5 Å². The molecule has 0 aromatic carbocycles. The Bertz CT molecular complexity index is 314. The lowest BCUT2D eigenvalue weighted by atomic mass is 10.6. The molecule has 1 aromatic rings. The number of nitrogens with one attached hydrogen (secondary N) is 2. The molecule has 4 nitrogen and oxygen atoms in total. The van der Waals surface area contributed by atoms with E-state index in [-0.39, 0.29) is 5.04 Å². The van der Waals surface area contributed by atoms with E-state index in [4.69, 9.17) is 10.8 Å². The Labute approximate surface area is 88.3 Å². The molecule has 0 saturated carbocycles. The predicted molar refractivity (Wildman–Crippen MR) is 58.0 cm³/mol. The smallest absolute Gasteiger partial charge is 0.184 e. The van der Waals surface area contributed by atoms with Gasteiger partial charge in [0.1, 0.15) is 5.04 Å². The van der Waals surface area contributed by atoms with Crippen LogP contribution in [0.4, 0.5) is 0 Å². The van der Waals surface area contributed by atoms with Crippen LogP contribution >= 0.6 is 27.7 Å². The fraction of sp³-hybridized carbons (Fsp3) is 0.143. The van der Waals surface area contributed by atoms with Crippen molar-refractivity contribution in [1.29, 1.82) is 10.8 Å². The maximum atomic E-state index is 7.54. The van der Waals surface area contributed by atoms with Gasteiger partial charge in [0.15, 0.2) is 5.82 Å². The van der Waals surface area contributed by atoms with Crippen molar-refractivity contribution < 1.29 is 0 Å². The Kier molecular flexibility index (Phi) is 4.04. The second-order valence-electron chi connectivity index (χ2n) is 2.06. The van der Waals surface area contributed by atoms with Crippen molar-refractivity contribution in [3.05, 3.63) is 24.3 Å². The minimum atomic E-state index is 0.199. The molecule has 0 unspecified atom stereocenters. The van der Waals surface area contributed by atoms with Crippen molar-refractivity contribution in [3.63, 3.8) is 0 Å². The molecule has 13 heavy (non-hydrogen) atoms. The summed E-state index contributed by atoms with van der Waals surface area (Å²) in [6.45, 7) is 0. The van der Waals surface area contributed by atoms with Gasteiger partial charge >= 0.3 is 0 Å². The highest BCUT2D eigenvalue weighted by atomic mass is 79.9. The molecule has 68 valence electrons. The summed E-state index contributed by atoms with van der Waals surface area (Å²) in [5, 5.41) is 15.9. The maximum Gasteiger partial charge on any atom is 0.184 e. The molecule has 0 aliphatic heterocycles. The normalized spacial score (nSPS) is 9.62. The summed E-state index contributed by atoms with van der Waals surface area (Å²) < 4.78 is 0. The van der Waals surface area contributed by atoms with Gasteiger partial charge < -0.3 is 0 Å². The highest BCUT2D eigenvalue weighted by Crippen LogP contribution is 2.10. The maximum absolute atomic E-state index is 7.54. The zero-order valence-corrected chi connectivity index (χ0v) is 9.02. The Balaban J connectivity index is 2.65. The van der Waals surface area contributed by atoms with Crippen LogP contribution in [0.5, 0.6) is 0 Å². The predicted octanol–water partition coefficient (Wildman–Crippen LogP) is 1.91. The van der Waals surface area contributed by atoms with E-state index in [9.17, 15) is 0 Å². The fourth-order valence-electron chi connectivity index (χ4n) is 0.612. The standard InChI is InChI=1S/C7H7BrN4S/c8-4-5(9)13-6(10)7-11-2-1-3-12-7/h1-3,9-10H,4H2. The average Bonchev–Trinajstić information content (AvgIpc) is 2.19. The number of thioether (sulfide) groups is 1. The van der Waals surface area contributed by atoms with Crippen LogP contribution in [0.3, 0.4) is 0 Å². The van der Waals surface area contributed by atoms with E-state index in [0.717, 1.165) is 11.8 Å². The summed E-state index contributed by atoms with van der Waals surface area (Å²) in [6, 6.07) is 1.69. The van der Waals surface area contributed by atoms with Gasteiger partial charge in [0.05, 0.1) is 10.4 Å². The molecule has 0 amide bonds. The first kappa shape index (κ1) is 10.3. The van der Waals surface area contributed by atoms with E-state index in [1.807, 2.05) is 0 Å². The number of nitrogens with zero attached hydrogens (tertiary/aromatic N) is 2. The van der Waals surface area contributed by atoms with Crippen LogP contribution in [0.15, 0.2) is 18.5 Å². The van der Waals surface area contributed by atoms with Crippen molar-refractivity contribution >= 4 is 37.8 Å². The molecule has 1 rings (SSSR count). The molecule has 0 radical (unpaired) electrons. The quantitative estimate of drug-likeness (QED) is 0.484. The van der Waals surface area contributed by atoms with Gasteiger partial charge in [-0.15, -0.1) is 0 Å². The topological polar surface area (TPSA) is 73.5 Å². The molecule has 0 saturated heterocycles. The third kappa shape index (κ3) is 3.23. The van der Waals surface area contributed by atoms with Crippen LogP contribution in [0, 0.1) is 10.8 Å². The summed E-state index contributed by atoms with van der Waals surface area (Å²) in [5.41, 5.74) is 0. The molecule has 0 atom stereocenters. The zero-order chi connectivity index (χ0) is 9.68. The van der Waals surface area contributed by atoms with Gasteiger partial charge in [-0.1, -0.05) is 27.7 Å². The zero-order valence-electron chi connectivity index (χ0n) is 6.62. The average molecular weight is 259 g/mol. The first-order valence-corrected chi connectivity index (χ1v) is 5.35. The molecule has 2 N–H and O–H groups in total. The van der Waals surface area contributed by atoms with Gasteiger partial charge in [-0.25, -0.2) is 9.97 Å². The number of hydrogen-bond donors (Lipinski definition) is 2. The highest BCUT2D eigenvalue weighted by Gasteiger charge is 2.06. The Hall–Kier alpha value is -0.750. The summed E-state index contributed by atoms with van der Waals surface area (Å²) >= 11 is 4.18. The lowest BCUT2D eigenvalue weighted by Crippen LogP contribution is -2.04. The molecule has 1 heterocycles. The molecular weight excluding hydrogens is 252 g/mol. The van der Waals surface area contributed by atoms with Crippen LogP contribution in [0.1, 0.15) is 5.82 Å². The van der Waals surface area contributed by atoms with Crippen molar-refractivity contribution in [2.75, 3.05) is 5.33 Å². The number of hydrogen-bond acceptors (Lipinski definition) is 5. The third-order valence-corrected chi connectivity index (χ3v) is 2.82. The van der Waals surface area contributed by atoms with Crippen molar-refractivity contribution in [2.24, 2.45) is 0 Å². The molecule has 0 bridgehead atoms. The SMILES string of the molecule is N=C(CBr)SC(=N)c1ncccn1. The van der Waals surface area contributed by atoms with Gasteiger partial charge in [-0.3, -0.25) is 10.8 Å². The lowest BCUT2D eigenvalue weighted by molar-refractivity contribution is 1.13. The third-order valence-electron chi connectivity index (χ3n) is 1.12. The van der Waals surface area contributed by atoms with E-state index >= 15 is 0 Å². The van der Waals surface area contributed by atoms with Crippen LogP contribution in [0.2, 0.25) is 0 Å². The molecular formula is C7H7BrN4S. The van der Waals surface area contributed by atoms with Crippen LogP contribution in [-0.2, 0) is 0 Å². The summed E-state index contributed by atoms with van der Waals surface area (Å²) in [5.74, 6) is 0.359. The van der Waals surface area contributed by atoms with Crippen LogP contribution in [-0.4, -0.2) is 25.4 Å². The number of halogens is 1. The van der Waals surface area contributed by atoms with Gasteiger partial charge in [0.25, 0.3) is 0 Å². The fourth-order valence-corrected chi connectivity index (χ4v) is 1.45. The number of aromatic nitrogens is 2.